The number of ketones is 1. The van der Waals surface area contributed by atoms with Crippen LogP contribution in [-0.2, 0) is 10.0 Å². The lowest BCUT2D eigenvalue weighted by Gasteiger charge is -2.30. The Hall–Kier alpha value is -2.06. The minimum atomic E-state index is -3.48. The first-order valence-corrected chi connectivity index (χ1v) is 13.0. The van der Waals surface area contributed by atoms with Crippen LogP contribution in [0.25, 0.3) is 0 Å². The molecule has 0 saturated carbocycles. The van der Waals surface area contributed by atoms with Gasteiger partial charge in [0.05, 0.1) is 11.4 Å². The van der Waals surface area contributed by atoms with Gasteiger partial charge in [-0.3, -0.25) is 9.69 Å². The Morgan fingerprint density at radius 2 is 1.59 bits per heavy atom. The Kier molecular flexibility index (Phi) is 8.99. The molecule has 32 heavy (non-hydrogen) atoms. The first kappa shape index (κ1) is 24.6. The molecule has 1 atom stereocenters. The van der Waals surface area contributed by atoms with Crippen LogP contribution in [0.1, 0.15) is 55.1 Å². The van der Waals surface area contributed by atoms with E-state index < -0.39 is 10.0 Å². The van der Waals surface area contributed by atoms with E-state index in [1.807, 2.05) is 18.2 Å². The quantitative estimate of drug-likeness (QED) is 0.521. The number of Topliss-reactive ketones (excluding diaryl/α,β-unsaturated/α-hetero) is 1. The molecule has 0 bridgehead atoms. The van der Waals surface area contributed by atoms with Crippen molar-refractivity contribution < 1.29 is 13.2 Å². The molecule has 0 aliphatic carbocycles. The number of nitrogens with one attached hydrogen (secondary N) is 1. The second-order valence-corrected chi connectivity index (χ2v) is 10.1. The van der Waals surface area contributed by atoms with E-state index in [0.717, 1.165) is 32.4 Å². The van der Waals surface area contributed by atoms with E-state index >= 15 is 0 Å². The number of piperidine rings is 1. The van der Waals surface area contributed by atoms with Gasteiger partial charge in [0.25, 0.3) is 0 Å². The highest BCUT2D eigenvalue weighted by Crippen LogP contribution is 2.21. The zero-order valence-electron chi connectivity index (χ0n) is 19.2. The highest BCUT2D eigenvalue weighted by atomic mass is 32.2. The normalized spacial score (nSPS) is 16.2. The molecule has 1 heterocycles. The Morgan fingerprint density at radius 3 is 2.19 bits per heavy atom. The molecule has 3 rings (SSSR count). The van der Waals surface area contributed by atoms with Crippen LogP contribution in [0.15, 0.2) is 59.5 Å². The summed E-state index contributed by atoms with van der Waals surface area (Å²) < 4.78 is 27.1. The van der Waals surface area contributed by atoms with E-state index in [1.54, 1.807) is 28.6 Å². The second kappa shape index (κ2) is 11.7. The summed E-state index contributed by atoms with van der Waals surface area (Å²) in [6.45, 7) is 8.16. The molecule has 2 aromatic rings. The molecule has 1 unspecified atom stereocenters. The molecule has 0 radical (unpaired) electrons. The van der Waals surface area contributed by atoms with Gasteiger partial charge < -0.3 is 5.32 Å². The van der Waals surface area contributed by atoms with E-state index in [9.17, 15) is 13.2 Å². The van der Waals surface area contributed by atoms with Crippen LogP contribution in [0.5, 0.6) is 0 Å². The fourth-order valence-corrected chi connectivity index (χ4v) is 5.81. The lowest BCUT2D eigenvalue weighted by atomic mass is 10.0. The van der Waals surface area contributed by atoms with Crippen molar-refractivity contribution in [3.63, 3.8) is 0 Å². The van der Waals surface area contributed by atoms with Crippen LogP contribution in [0, 0.1) is 0 Å². The number of sulfonamides is 1. The predicted octanol–water partition coefficient (Wildman–Crippen LogP) is 3.72. The third-order valence-corrected chi connectivity index (χ3v) is 8.10. The zero-order chi connectivity index (χ0) is 23.0. The molecule has 0 aromatic heterocycles. The van der Waals surface area contributed by atoms with Crippen molar-refractivity contribution in [2.45, 2.75) is 44.0 Å². The maximum Gasteiger partial charge on any atom is 0.243 e. The van der Waals surface area contributed by atoms with E-state index in [2.05, 4.69) is 36.2 Å². The fourth-order valence-electron chi connectivity index (χ4n) is 4.29. The number of nitrogens with zero attached hydrogens (tertiary/aromatic N) is 2. The minimum Gasteiger partial charge on any atom is -0.308 e. The van der Waals surface area contributed by atoms with Crippen LogP contribution in [-0.4, -0.2) is 62.7 Å². The number of carbonyl (C=O) groups excluding carboxylic acids is 1. The molecule has 1 N–H and O–H groups in total. The van der Waals surface area contributed by atoms with Gasteiger partial charge in [-0.2, -0.15) is 4.31 Å². The van der Waals surface area contributed by atoms with Gasteiger partial charge in [-0.15, -0.1) is 0 Å². The molecule has 7 heteroatoms. The summed E-state index contributed by atoms with van der Waals surface area (Å²) in [5.41, 5.74) is 1.75. The molecular weight excluding hydrogens is 422 g/mol. The molecule has 174 valence electrons. The maximum absolute atomic E-state index is 12.8. The number of hydrogen-bond donors (Lipinski definition) is 1. The summed E-state index contributed by atoms with van der Waals surface area (Å²) in [6.07, 6.45) is 2.88. The SMILES string of the molecule is CCN(CC)C(CNCC(=O)c1ccc(S(=O)(=O)N2CCCCC2)cc1)c1ccccc1. The lowest BCUT2D eigenvalue weighted by molar-refractivity contribution is 0.0986. The Bertz CT molecular complexity index is 952. The molecule has 1 aliphatic rings. The largest absolute Gasteiger partial charge is 0.308 e. The van der Waals surface area contributed by atoms with Gasteiger partial charge >= 0.3 is 0 Å². The Balaban J connectivity index is 1.60. The van der Waals surface area contributed by atoms with Crippen molar-refractivity contribution in [2.24, 2.45) is 0 Å². The predicted molar refractivity (Wildman–Crippen MR) is 128 cm³/mol. The van der Waals surface area contributed by atoms with E-state index in [-0.39, 0.29) is 23.3 Å². The summed E-state index contributed by atoms with van der Waals surface area (Å²) in [7, 11) is -3.48. The first-order chi connectivity index (χ1) is 15.5. The van der Waals surface area contributed by atoms with E-state index in [4.69, 9.17) is 0 Å². The Labute approximate surface area is 192 Å². The van der Waals surface area contributed by atoms with Crippen LogP contribution in [0.4, 0.5) is 0 Å². The summed E-state index contributed by atoms with van der Waals surface area (Å²) in [5, 5.41) is 3.31. The van der Waals surface area contributed by atoms with Crippen LogP contribution < -0.4 is 5.32 Å². The topological polar surface area (TPSA) is 69.7 Å². The van der Waals surface area contributed by atoms with Gasteiger partial charge in [-0.1, -0.05) is 62.7 Å². The molecule has 1 aliphatic heterocycles. The van der Waals surface area contributed by atoms with Gasteiger partial charge in [-0.05, 0) is 43.6 Å². The lowest BCUT2D eigenvalue weighted by Crippen LogP contribution is -2.37. The van der Waals surface area contributed by atoms with Gasteiger partial charge in [-0.25, -0.2) is 8.42 Å². The van der Waals surface area contributed by atoms with Crippen LogP contribution in [0.2, 0.25) is 0 Å². The summed E-state index contributed by atoms with van der Waals surface area (Å²) in [5.74, 6) is -0.0433. The highest BCUT2D eigenvalue weighted by Gasteiger charge is 2.26. The number of benzene rings is 2. The van der Waals surface area contributed by atoms with Crippen molar-refractivity contribution in [3.05, 3.63) is 65.7 Å². The standard InChI is InChI=1S/C25H35N3O3S/c1-3-27(4-2)24(21-11-7-5-8-12-21)19-26-20-25(29)22-13-15-23(16-14-22)32(30,31)28-17-9-6-10-18-28/h5,7-8,11-16,24,26H,3-4,6,9-10,17-20H2,1-2H3. The molecule has 0 amide bonds. The number of likely N-dealkylation sites (N-methyl/N-ethyl adjacent to an activating group) is 1. The maximum atomic E-state index is 12.8. The van der Waals surface area contributed by atoms with Crippen molar-refractivity contribution >= 4 is 15.8 Å². The molecular formula is C25H35N3O3S. The Morgan fingerprint density at radius 1 is 0.969 bits per heavy atom. The minimum absolute atomic E-state index is 0.0433. The van der Waals surface area contributed by atoms with Gasteiger partial charge in [0.1, 0.15) is 0 Å². The molecule has 1 fully saturated rings. The zero-order valence-corrected chi connectivity index (χ0v) is 20.0. The number of rotatable bonds is 11. The third-order valence-electron chi connectivity index (χ3n) is 6.19. The molecule has 6 nitrogen and oxygen atoms in total. The molecule has 1 saturated heterocycles. The van der Waals surface area contributed by atoms with Crippen molar-refractivity contribution in [1.29, 1.82) is 0 Å². The summed E-state index contributed by atoms with van der Waals surface area (Å²) >= 11 is 0. The van der Waals surface area contributed by atoms with Crippen molar-refractivity contribution in [3.8, 4) is 0 Å². The van der Waals surface area contributed by atoms with Crippen molar-refractivity contribution in [2.75, 3.05) is 39.3 Å². The van der Waals surface area contributed by atoms with Crippen LogP contribution in [0.3, 0.4) is 0 Å². The smallest absolute Gasteiger partial charge is 0.243 e. The summed E-state index contributed by atoms with van der Waals surface area (Å²) in [4.78, 5) is 15.3. The number of carbonyl (C=O) groups is 1. The van der Waals surface area contributed by atoms with Crippen molar-refractivity contribution in [1.82, 2.24) is 14.5 Å². The van der Waals surface area contributed by atoms with Gasteiger partial charge in [0, 0.05) is 31.2 Å². The molecule has 0 spiro atoms. The summed E-state index contributed by atoms with van der Waals surface area (Å²) in [6, 6.07) is 16.9. The van der Waals surface area contributed by atoms with Crippen LogP contribution >= 0.6 is 0 Å². The monoisotopic (exact) mass is 457 g/mol. The average molecular weight is 458 g/mol. The number of hydrogen-bond acceptors (Lipinski definition) is 5. The third kappa shape index (κ3) is 6.04. The van der Waals surface area contributed by atoms with Gasteiger partial charge in [0.15, 0.2) is 5.78 Å². The van der Waals surface area contributed by atoms with Gasteiger partial charge in [0.2, 0.25) is 10.0 Å². The first-order valence-electron chi connectivity index (χ1n) is 11.6. The fraction of sp³-hybridized carbons (Fsp3) is 0.480. The average Bonchev–Trinajstić information content (AvgIpc) is 2.84. The van der Waals surface area contributed by atoms with E-state index in [1.165, 1.54) is 5.56 Å². The highest BCUT2D eigenvalue weighted by molar-refractivity contribution is 7.89. The second-order valence-electron chi connectivity index (χ2n) is 8.19. The molecule has 2 aromatic carbocycles. The van der Waals surface area contributed by atoms with E-state index in [0.29, 0.717) is 25.2 Å².